The highest BCUT2D eigenvalue weighted by Gasteiger charge is 2.31. The van der Waals surface area contributed by atoms with Gasteiger partial charge in [-0.05, 0) is 19.9 Å². The van der Waals surface area contributed by atoms with Crippen molar-refractivity contribution in [2.45, 2.75) is 38.3 Å². The number of likely N-dealkylation sites (tertiary alicyclic amines) is 1. The molecule has 2 aliphatic heterocycles. The maximum absolute atomic E-state index is 12.4. The molecule has 2 amide bonds. The average Bonchev–Trinajstić information content (AvgIpc) is 3.15. The molecular weight excluding hydrogens is 432 g/mol. The van der Waals surface area contributed by atoms with E-state index in [4.69, 9.17) is 19.7 Å². The van der Waals surface area contributed by atoms with E-state index in [1.165, 1.54) is 0 Å². The second-order valence-electron chi connectivity index (χ2n) is 7.93. The van der Waals surface area contributed by atoms with Crippen molar-refractivity contribution in [2.75, 3.05) is 57.9 Å². The lowest BCUT2D eigenvalue weighted by atomic mass is 10.1. The Hall–Kier alpha value is -2.83. The topological polar surface area (TPSA) is 157 Å². The molecule has 0 saturated carbocycles. The highest BCUT2D eigenvalue weighted by molar-refractivity contribution is 5.93. The van der Waals surface area contributed by atoms with Crippen molar-refractivity contribution in [1.29, 1.82) is 0 Å². The summed E-state index contributed by atoms with van der Waals surface area (Å²) in [6, 6.07) is 0.329. The van der Waals surface area contributed by atoms with Crippen LogP contribution >= 0.6 is 0 Å². The van der Waals surface area contributed by atoms with Crippen molar-refractivity contribution < 1.29 is 29.3 Å². The second-order valence-corrected chi connectivity index (χ2v) is 7.93. The molecule has 0 aliphatic carbocycles. The lowest BCUT2D eigenvalue weighted by molar-refractivity contribution is -0.134. The predicted octanol–water partition coefficient (Wildman–Crippen LogP) is -0.905. The van der Waals surface area contributed by atoms with E-state index in [0.717, 1.165) is 32.9 Å². The number of aliphatic hydroxyl groups is 1. The minimum Gasteiger partial charge on any atom is -0.481 e. The van der Waals surface area contributed by atoms with Crippen molar-refractivity contribution >= 4 is 23.7 Å². The molecule has 4 N–H and O–H groups in total. The fourth-order valence-electron chi connectivity index (χ4n) is 3.74. The van der Waals surface area contributed by atoms with Crippen molar-refractivity contribution in [3.05, 3.63) is 18.0 Å². The zero-order valence-electron chi connectivity index (χ0n) is 19.2. The minimum atomic E-state index is -0.833. The number of nitrogens with one attached hydrogen (secondary N) is 2. The van der Waals surface area contributed by atoms with E-state index in [-0.39, 0.29) is 37.0 Å². The number of carboxylic acid groups (broad SMARTS) is 1. The molecule has 1 aromatic rings. The van der Waals surface area contributed by atoms with Crippen LogP contribution < -0.4 is 15.5 Å². The number of nitrogens with zero attached hydrogens (tertiary/aromatic N) is 4. The molecule has 12 heteroatoms. The second kappa shape index (κ2) is 13.7. The van der Waals surface area contributed by atoms with Crippen LogP contribution in [-0.4, -0.2) is 108 Å². The molecule has 0 aromatic carbocycles. The Balaban J connectivity index is 0.000000890. The van der Waals surface area contributed by atoms with Gasteiger partial charge in [0.15, 0.2) is 0 Å². The summed E-state index contributed by atoms with van der Waals surface area (Å²) in [6.07, 6.45) is 5.33. The first-order valence-electron chi connectivity index (χ1n) is 11.0. The van der Waals surface area contributed by atoms with Gasteiger partial charge in [0, 0.05) is 64.0 Å². The SMILES string of the molecule is CC(=O)O.CN1[C@@H](CC(=O)NCCO)CC[C@H]1CNC(=O)c1cnc(N2CCOCC2)nc1. The van der Waals surface area contributed by atoms with Gasteiger partial charge in [-0.3, -0.25) is 19.3 Å². The molecule has 2 fully saturated rings. The van der Waals surface area contributed by atoms with Crippen molar-refractivity contribution in [1.82, 2.24) is 25.5 Å². The Labute approximate surface area is 193 Å². The van der Waals surface area contributed by atoms with E-state index in [0.29, 0.717) is 37.7 Å². The quantitative estimate of drug-likeness (QED) is 0.378. The molecule has 2 aliphatic rings. The largest absolute Gasteiger partial charge is 0.481 e. The molecule has 0 radical (unpaired) electrons. The number of aliphatic carboxylic acids is 1. The predicted molar refractivity (Wildman–Crippen MR) is 120 cm³/mol. The molecule has 3 heterocycles. The maximum atomic E-state index is 12.4. The number of amides is 2. The molecule has 0 unspecified atom stereocenters. The Morgan fingerprint density at radius 1 is 1.12 bits per heavy atom. The molecule has 0 bridgehead atoms. The third kappa shape index (κ3) is 8.91. The zero-order valence-corrected chi connectivity index (χ0v) is 19.2. The van der Waals surface area contributed by atoms with Gasteiger partial charge in [0.05, 0.1) is 25.4 Å². The van der Waals surface area contributed by atoms with E-state index < -0.39 is 5.97 Å². The van der Waals surface area contributed by atoms with Gasteiger partial charge < -0.3 is 30.5 Å². The molecule has 0 spiro atoms. The van der Waals surface area contributed by atoms with Crippen LogP contribution in [0.3, 0.4) is 0 Å². The summed E-state index contributed by atoms with van der Waals surface area (Å²) in [4.78, 5) is 46.1. The Morgan fingerprint density at radius 3 is 2.33 bits per heavy atom. The fraction of sp³-hybridized carbons (Fsp3) is 0.667. The highest BCUT2D eigenvalue weighted by atomic mass is 16.5. The van der Waals surface area contributed by atoms with E-state index in [2.05, 4.69) is 25.5 Å². The number of likely N-dealkylation sites (N-methyl/N-ethyl adjacent to an activating group) is 1. The van der Waals surface area contributed by atoms with Crippen molar-refractivity contribution in [3.63, 3.8) is 0 Å². The number of rotatable bonds is 8. The van der Waals surface area contributed by atoms with Crippen LogP contribution in [0, 0.1) is 0 Å². The Bertz CT molecular complexity index is 767. The summed E-state index contributed by atoms with van der Waals surface area (Å²) in [5.74, 6) is -0.475. The standard InChI is InChI=1S/C19H30N6O4.C2H4O2/c1-24-15(10-17(27)20-4-7-26)2-3-16(24)13-21-18(28)14-11-22-19(23-12-14)25-5-8-29-9-6-25;1-2(3)4/h11-12,15-16,26H,2-10,13H2,1H3,(H,20,27)(H,21,28);1H3,(H,3,4)/t15-,16+;/m1./s1. The molecule has 2 atom stereocenters. The smallest absolute Gasteiger partial charge is 0.300 e. The Kier molecular flexibility index (Phi) is 10.9. The lowest BCUT2D eigenvalue weighted by Crippen LogP contribution is -2.42. The number of morpholine rings is 1. The van der Waals surface area contributed by atoms with E-state index in [1.807, 2.05) is 11.9 Å². The number of carbonyl (C=O) groups excluding carboxylic acids is 2. The summed E-state index contributed by atoms with van der Waals surface area (Å²) in [5, 5.41) is 21.8. The molecule has 184 valence electrons. The van der Waals surface area contributed by atoms with Gasteiger partial charge in [-0.1, -0.05) is 0 Å². The molecule has 3 rings (SSSR count). The summed E-state index contributed by atoms with van der Waals surface area (Å²) in [5.41, 5.74) is 0.433. The summed E-state index contributed by atoms with van der Waals surface area (Å²) < 4.78 is 5.32. The number of hydrogen-bond acceptors (Lipinski definition) is 9. The molecule has 2 saturated heterocycles. The van der Waals surface area contributed by atoms with Gasteiger partial charge in [0.25, 0.3) is 11.9 Å². The summed E-state index contributed by atoms with van der Waals surface area (Å²) in [6.45, 7) is 4.63. The normalized spacial score (nSPS) is 20.5. The fourth-order valence-corrected chi connectivity index (χ4v) is 3.74. The third-order valence-corrected chi connectivity index (χ3v) is 5.53. The van der Waals surface area contributed by atoms with Crippen LogP contribution in [0.1, 0.15) is 36.5 Å². The van der Waals surface area contributed by atoms with E-state index >= 15 is 0 Å². The van der Waals surface area contributed by atoms with Crippen LogP contribution in [0.2, 0.25) is 0 Å². The number of carbonyl (C=O) groups is 3. The van der Waals surface area contributed by atoms with E-state index in [1.54, 1.807) is 12.4 Å². The van der Waals surface area contributed by atoms with Gasteiger partial charge >= 0.3 is 0 Å². The van der Waals surface area contributed by atoms with Gasteiger partial charge in [-0.15, -0.1) is 0 Å². The third-order valence-electron chi connectivity index (χ3n) is 5.53. The first-order valence-corrected chi connectivity index (χ1v) is 11.0. The number of hydrogen-bond donors (Lipinski definition) is 4. The summed E-state index contributed by atoms with van der Waals surface area (Å²) >= 11 is 0. The van der Waals surface area contributed by atoms with Gasteiger partial charge in [0.2, 0.25) is 11.9 Å². The Morgan fingerprint density at radius 2 is 1.73 bits per heavy atom. The summed E-state index contributed by atoms with van der Waals surface area (Å²) in [7, 11) is 1.98. The first-order chi connectivity index (χ1) is 15.8. The van der Waals surface area contributed by atoms with Crippen LogP contribution in [-0.2, 0) is 14.3 Å². The first kappa shape index (κ1) is 26.4. The van der Waals surface area contributed by atoms with Crippen molar-refractivity contribution in [2.24, 2.45) is 0 Å². The minimum absolute atomic E-state index is 0.0573. The van der Waals surface area contributed by atoms with Crippen LogP contribution in [0.25, 0.3) is 0 Å². The molecule has 12 nitrogen and oxygen atoms in total. The monoisotopic (exact) mass is 466 g/mol. The average molecular weight is 467 g/mol. The van der Waals surface area contributed by atoms with Crippen molar-refractivity contribution in [3.8, 4) is 0 Å². The van der Waals surface area contributed by atoms with Crippen LogP contribution in [0.5, 0.6) is 0 Å². The number of carboxylic acids is 1. The molecule has 33 heavy (non-hydrogen) atoms. The number of aliphatic hydroxyl groups excluding tert-OH is 1. The van der Waals surface area contributed by atoms with Crippen LogP contribution in [0.15, 0.2) is 12.4 Å². The lowest BCUT2D eigenvalue weighted by Gasteiger charge is -2.26. The molecular formula is C21H34N6O6. The van der Waals surface area contributed by atoms with Gasteiger partial charge in [0.1, 0.15) is 0 Å². The van der Waals surface area contributed by atoms with Crippen LogP contribution in [0.4, 0.5) is 5.95 Å². The number of anilines is 1. The number of aromatic nitrogens is 2. The maximum Gasteiger partial charge on any atom is 0.300 e. The van der Waals surface area contributed by atoms with E-state index in [9.17, 15) is 9.59 Å². The molecule has 1 aromatic heterocycles. The van der Waals surface area contributed by atoms with Gasteiger partial charge in [-0.2, -0.15) is 0 Å². The zero-order chi connectivity index (χ0) is 24.2. The van der Waals surface area contributed by atoms with Gasteiger partial charge in [-0.25, -0.2) is 9.97 Å². The number of ether oxygens (including phenoxy) is 1. The highest BCUT2D eigenvalue weighted by Crippen LogP contribution is 2.24.